The van der Waals surface area contributed by atoms with Crippen LogP contribution in [0.4, 0.5) is 5.69 Å². The van der Waals surface area contributed by atoms with Gasteiger partial charge in [0.05, 0.1) is 31.0 Å². The number of nitrogens with one attached hydrogen (secondary N) is 1. The Morgan fingerprint density at radius 2 is 1.46 bits per heavy atom. The summed E-state index contributed by atoms with van der Waals surface area (Å²) in [6.45, 7) is 0. The monoisotopic (exact) mass is 347 g/mol. The largest absolute Gasteiger partial charge is 0.465 e. The lowest BCUT2D eigenvalue weighted by Gasteiger charge is -2.11. The molecule has 0 atom stereocenters. The van der Waals surface area contributed by atoms with Crippen molar-refractivity contribution in [1.82, 2.24) is 0 Å². The third-order valence-corrected chi connectivity index (χ3v) is 3.45. The molecule has 0 heterocycles. The fourth-order valence-corrected chi connectivity index (χ4v) is 2.10. The zero-order valence-electron chi connectivity index (χ0n) is 13.0. The first-order chi connectivity index (χ1) is 11.5. The van der Waals surface area contributed by atoms with Crippen LogP contribution in [0, 0.1) is 0 Å². The molecule has 2 aromatic rings. The number of hydrogen-bond donors (Lipinski definition) is 1. The molecule has 0 aromatic heterocycles. The first kappa shape index (κ1) is 17.5. The van der Waals surface area contributed by atoms with E-state index in [0.717, 1.165) is 0 Å². The average molecular weight is 348 g/mol. The van der Waals surface area contributed by atoms with Crippen molar-refractivity contribution < 1.29 is 23.9 Å². The Bertz CT molecular complexity index is 786. The van der Waals surface area contributed by atoms with Gasteiger partial charge >= 0.3 is 11.9 Å². The van der Waals surface area contributed by atoms with E-state index >= 15 is 0 Å². The smallest absolute Gasteiger partial charge is 0.340 e. The molecule has 0 fully saturated rings. The number of hydrogen-bond acceptors (Lipinski definition) is 5. The number of rotatable bonds is 4. The zero-order chi connectivity index (χ0) is 17.7. The van der Waals surface area contributed by atoms with Crippen LogP contribution in [0.5, 0.6) is 0 Å². The van der Waals surface area contributed by atoms with Gasteiger partial charge in [-0.3, -0.25) is 4.79 Å². The summed E-state index contributed by atoms with van der Waals surface area (Å²) in [4.78, 5) is 35.8. The Hall–Kier alpha value is -2.86. The molecular formula is C17H14ClNO5. The van der Waals surface area contributed by atoms with Crippen molar-refractivity contribution >= 4 is 35.1 Å². The number of ether oxygens (including phenoxy) is 2. The van der Waals surface area contributed by atoms with E-state index in [9.17, 15) is 14.4 Å². The van der Waals surface area contributed by atoms with E-state index in [-0.39, 0.29) is 16.8 Å². The summed E-state index contributed by atoms with van der Waals surface area (Å²) in [6.07, 6.45) is 0. The molecule has 2 rings (SSSR count). The summed E-state index contributed by atoms with van der Waals surface area (Å²) in [5.74, 6) is -1.72. The van der Waals surface area contributed by atoms with Crippen molar-refractivity contribution in [3.8, 4) is 0 Å². The van der Waals surface area contributed by atoms with Gasteiger partial charge in [0.2, 0.25) is 0 Å². The molecule has 0 radical (unpaired) electrons. The summed E-state index contributed by atoms with van der Waals surface area (Å²) >= 11 is 5.79. The molecule has 0 aliphatic rings. The maximum atomic E-state index is 12.3. The highest BCUT2D eigenvalue weighted by Gasteiger charge is 2.18. The Balaban J connectivity index is 2.34. The second-order valence-electron chi connectivity index (χ2n) is 4.70. The highest BCUT2D eigenvalue weighted by atomic mass is 35.5. The van der Waals surface area contributed by atoms with Gasteiger partial charge in [0, 0.05) is 10.6 Å². The van der Waals surface area contributed by atoms with E-state index in [2.05, 4.69) is 14.8 Å². The standard InChI is InChI=1S/C17H14ClNO5/c1-23-16(21)11-5-8-14(13(9-11)17(22)24-2)19-15(20)10-3-6-12(18)7-4-10/h3-9H,1-2H3,(H,19,20). The predicted molar refractivity (Wildman–Crippen MR) is 88.5 cm³/mol. The molecule has 0 saturated carbocycles. The van der Waals surface area contributed by atoms with Crippen LogP contribution in [0.15, 0.2) is 42.5 Å². The molecule has 0 spiro atoms. The van der Waals surface area contributed by atoms with Crippen molar-refractivity contribution in [2.45, 2.75) is 0 Å². The summed E-state index contributed by atoms with van der Waals surface area (Å²) in [6, 6.07) is 10.4. The lowest BCUT2D eigenvalue weighted by molar-refractivity contribution is 0.0600. The van der Waals surface area contributed by atoms with Gasteiger partial charge in [-0.05, 0) is 42.5 Å². The van der Waals surface area contributed by atoms with Crippen LogP contribution in [0.25, 0.3) is 0 Å². The third kappa shape index (κ3) is 3.91. The second kappa shape index (κ2) is 7.61. The molecule has 6 nitrogen and oxygen atoms in total. The topological polar surface area (TPSA) is 81.7 Å². The zero-order valence-corrected chi connectivity index (χ0v) is 13.7. The minimum Gasteiger partial charge on any atom is -0.465 e. The lowest BCUT2D eigenvalue weighted by atomic mass is 10.1. The van der Waals surface area contributed by atoms with Crippen molar-refractivity contribution in [3.05, 3.63) is 64.2 Å². The molecule has 24 heavy (non-hydrogen) atoms. The molecular weight excluding hydrogens is 334 g/mol. The van der Waals surface area contributed by atoms with Gasteiger partial charge < -0.3 is 14.8 Å². The third-order valence-electron chi connectivity index (χ3n) is 3.20. The number of methoxy groups -OCH3 is 2. The van der Waals surface area contributed by atoms with Gasteiger partial charge in [-0.15, -0.1) is 0 Å². The van der Waals surface area contributed by atoms with E-state index < -0.39 is 17.8 Å². The van der Waals surface area contributed by atoms with Crippen molar-refractivity contribution in [1.29, 1.82) is 0 Å². The maximum Gasteiger partial charge on any atom is 0.340 e. The molecule has 0 saturated heterocycles. The van der Waals surface area contributed by atoms with E-state index in [1.54, 1.807) is 24.3 Å². The number of esters is 2. The Labute approximate surface area is 143 Å². The first-order valence-electron chi connectivity index (χ1n) is 6.84. The molecule has 1 N–H and O–H groups in total. The highest BCUT2D eigenvalue weighted by molar-refractivity contribution is 6.30. The van der Waals surface area contributed by atoms with Gasteiger partial charge in [-0.25, -0.2) is 9.59 Å². The van der Waals surface area contributed by atoms with Crippen LogP contribution < -0.4 is 5.32 Å². The molecule has 0 bridgehead atoms. The Morgan fingerprint density at radius 3 is 2.04 bits per heavy atom. The summed E-state index contributed by atoms with van der Waals surface area (Å²) < 4.78 is 9.30. The summed E-state index contributed by atoms with van der Waals surface area (Å²) in [7, 11) is 2.44. The average Bonchev–Trinajstić information content (AvgIpc) is 2.61. The fraction of sp³-hybridized carbons (Fsp3) is 0.118. The summed E-state index contributed by atoms with van der Waals surface area (Å²) in [5.41, 5.74) is 0.798. The van der Waals surface area contributed by atoms with Crippen LogP contribution in [-0.2, 0) is 9.47 Å². The number of carbonyl (C=O) groups excluding carboxylic acids is 3. The number of amides is 1. The Kier molecular flexibility index (Phi) is 5.55. The molecule has 1 amide bonds. The van der Waals surface area contributed by atoms with E-state index in [4.69, 9.17) is 11.6 Å². The fourth-order valence-electron chi connectivity index (χ4n) is 1.97. The minimum atomic E-state index is -0.688. The quantitative estimate of drug-likeness (QED) is 0.859. The van der Waals surface area contributed by atoms with Gasteiger partial charge in [-0.2, -0.15) is 0 Å². The number of halogens is 1. The first-order valence-corrected chi connectivity index (χ1v) is 7.21. The van der Waals surface area contributed by atoms with Crippen LogP contribution >= 0.6 is 11.6 Å². The minimum absolute atomic E-state index is 0.0442. The second-order valence-corrected chi connectivity index (χ2v) is 5.14. The molecule has 0 aliphatic carbocycles. The van der Waals surface area contributed by atoms with E-state index in [1.807, 2.05) is 0 Å². The molecule has 0 aliphatic heterocycles. The predicted octanol–water partition coefficient (Wildman–Crippen LogP) is 3.17. The van der Waals surface area contributed by atoms with Gasteiger partial charge in [0.25, 0.3) is 5.91 Å². The van der Waals surface area contributed by atoms with Crippen LogP contribution in [0.3, 0.4) is 0 Å². The van der Waals surface area contributed by atoms with Gasteiger partial charge in [-0.1, -0.05) is 11.6 Å². The van der Waals surface area contributed by atoms with Crippen LogP contribution in [0.1, 0.15) is 31.1 Å². The molecule has 0 unspecified atom stereocenters. The lowest BCUT2D eigenvalue weighted by Crippen LogP contribution is -2.16. The van der Waals surface area contributed by atoms with E-state index in [0.29, 0.717) is 10.6 Å². The SMILES string of the molecule is COC(=O)c1ccc(NC(=O)c2ccc(Cl)cc2)c(C(=O)OC)c1. The maximum absolute atomic E-state index is 12.3. The van der Waals surface area contributed by atoms with Gasteiger partial charge in [0.15, 0.2) is 0 Å². The van der Waals surface area contributed by atoms with E-state index in [1.165, 1.54) is 32.4 Å². The Morgan fingerprint density at radius 1 is 0.875 bits per heavy atom. The van der Waals surface area contributed by atoms with Gasteiger partial charge in [0.1, 0.15) is 0 Å². The summed E-state index contributed by atoms with van der Waals surface area (Å²) in [5, 5.41) is 3.11. The van der Waals surface area contributed by atoms with Crippen LogP contribution in [0.2, 0.25) is 5.02 Å². The van der Waals surface area contributed by atoms with Crippen molar-refractivity contribution in [2.24, 2.45) is 0 Å². The van der Waals surface area contributed by atoms with Crippen molar-refractivity contribution in [2.75, 3.05) is 19.5 Å². The number of anilines is 1. The van der Waals surface area contributed by atoms with Crippen LogP contribution in [-0.4, -0.2) is 32.1 Å². The molecule has 7 heteroatoms. The molecule has 124 valence electrons. The number of carbonyl (C=O) groups is 3. The normalized spacial score (nSPS) is 9.96. The highest BCUT2D eigenvalue weighted by Crippen LogP contribution is 2.21. The molecule has 2 aromatic carbocycles. The number of benzene rings is 2. The van der Waals surface area contributed by atoms with Crippen molar-refractivity contribution in [3.63, 3.8) is 0 Å².